The van der Waals surface area contributed by atoms with Crippen LogP contribution < -0.4 is 5.69 Å². The van der Waals surface area contributed by atoms with E-state index in [9.17, 15) is 18.0 Å². The molecule has 0 saturated heterocycles. The van der Waals surface area contributed by atoms with Gasteiger partial charge < -0.3 is 0 Å². The zero-order valence-electron chi connectivity index (χ0n) is 13.6. The number of hydrogen-bond acceptors (Lipinski definition) is 3. The first-order valence-corrected chi connectivity index (χ1v) is 8.19. The second kappa shape index (κ2) is 6.12. The van der Waals surface area contributed by atoms with Gasteiger partial charge in [-0.25, -0.2) is 9.48 Å². The summed E-state index contributed by atoms with van der Waals surface area (Å²) >= 11 is 0. The van der Waals surface area contributed by atoms with Gasteiger partial charge in [0.1, 0.15) is 0 Å². The predicted octanol–water partition coefficient (Wildman–Crippen LogP) is 3.51. The van der Waals surface area contributed by atoms with Crippen molar-refractivity contribution >= 4 is 0 Å². The highest BCUT2D eigenvalue weighted by Gasteiger charge is 2.31. The van der Waals surface area contributed by atoms with Crippen LogP contribution in [0, 0.1) is 0 Å². The third-order valence-corrected chi connectivity index (χ3v) is 4.32. The van der Waals surface area contributed by atoms with Crippen LogP contribution in [0.4, 0.5) is 13.2 Å². The van der Waals surface area contributed by atoms with Crippen molar-refractivity contribution in [2.75, 3.05) is 0 Å². The molecule has 134 valence electrons. The quantitative estimate of drug-likeness (QED) is 0.715. The van der Waals surface area contributed by atoms with Gasteiger partial charge in [-0.05, 0) is 42.7 Å². The van der Waals surface area contributed by atoms with Gasteiger partial charge in [0.15, 0.2) is 5.82 Å². The first-order valence-electron chi connectivity index (χ1n) is 8.19. The molecular weight excluding hydrogens is 345 g/mol. The van der Waals surface area contributed by atoms with E-state index in [1.54, 1.807) is 23.0 Å². The summed E-state index contributed by atoms with van der Waals surface area (Å²) in [5.41, 5.74) is 0.348. The van der Waals surface area contributed by atoms with Gasteiger partial charge in [-0.1, -0.05) is 12.1 Å². The van der Waals surface area contributed by atoms with Gasteiger partial charge in [0.2, 0.25) is 0 Å². The molecule has 26 heavy (non-hydrogen) atoms. The molecule has 5 nitrogen and oxygen atoms in total. The molecule has 1 aliphatic carbocycles. The Labute approximate surface area is 146 Å². The number of nitrogens with zero attached hydrogens (tertiary/aromatic N) is 4. The summed E-state index contributed by atoms with van der Waals surface area (Å²) in [6.45, 7) is 0.115. The molecule has 0 atom stereocenters. The molecule has 0 bridgehead atoms. The fraction of sp³-hybridized carbons (Fsp3) is 0.278. The highest BCUT2D eigenvalue weighted by Crippen LogP contribution is 2.36. The third kappa shape index (κ3) is 3.14. The Kier molecular flexibility index (Phi) is 3.90. The summed E-state index contributed by atoms with van der Waals surface area (Å²) in [6, 6.07) is 8.49. The molecule has 2 aromatic heterocycles. The van der Waals surface area contributed by atoms with Crippen molar-refractivity contribution in [2.45, 2.75) is 31.6 Å². The molecular formula is C18H15F3N4O. The first-order chi connectivity index (χ1) is 12.4. The minimum absolute atomic E-state index is 0.115. The highest BCUT2D eigenvalue weighted by molar-refractivity contribution is 5.53. The SMILES string of the molecule is O=c1n(Cc2ccc(C(F)(F)F)cc2)nc(-c2cccnc2)n1C1CC1. The number of aromatic nitrogens is 4. The molecule has 0 N–H and O–H groups in total. The van der Waals surface area contributed by atoms with Gasteiger partial charge in [-0.3, -0.25) is 9.55 Å². The lowest BCUT2D eigenvalue weighted by Crippen LogP contribution is -2.25. The molecule has 0 spiro atoms. The summed E-state index contributed by atoms with van der Waals surface area (Å²) in [5.74, 6) is 0.539. The summed E-state index contributed by atoms with van der Waals surface area (Å²) in [5, 5.41) is 4.41. The normalized spacial score (nSPS) is 14.6. The molecule has 1 aromatic carbocycles. The van der Waals surface area contributed by atoms with Gasteiger partial charge in [0.25, 0.3) is 0 Å². The molecule has 0 unspecified atom stereocenters. The zero-order valence-corrected chi connectivity index (χ0v) is 13.6. The average Bonchev–Trinajstić information content (AvgIpc) is 3.41. The maximum atomic E-state index is 12.7. The second-order valence-electron chi connectivity index (χ2n) is 6.30. The average molecular weight is 360 g/mol. The standard InChI is InChI=1S/C18H15F3N4O/c19-18(20,21)14-5-3-12(4-6-14)11-24-17(26)25(15-7-8-15)16(23-24)13-2-1-9-22-10-13/h1-6,9-10,15H,7-8,11H2. The lowest BCUT2D eigenvalue weighted by molar-refractivity contribution is -0.137. The summed E-state index contributed by atoms with van der Waals surface area (Å²) in [6.07, 6.45) is 0.736. The van der Waals surface area contributed by atoms with E-state index < -0.39 is 11.7 Å². The third-order valence-electron chi connectivity index (χ3n) is 4.32. The molecule has 2 heterocycles. The van der Waals surface area contributed by atoms with Gasteiger partial charge in [0, 0.05) is 24.0 Å². The van der Waals surface area contributed by atoms with Gasteiger partial charge in [-0.2, -0.15) is 13.2 Å². The van der Waals surface area contributed by atoms with E-state index in [-0.39, 0.29) is 18.3 Å². The summed E-state index contributed by atoms with van der Waals surface area (Å²) in [4.78, 5) is 16.8. The lowest BCUT2D eigenvalue weighted by Gasteiger charge is -2.07. The van der Waals surface area contributed by atoms with Crippen molar-refractivity contribution in [3.8, 4) is 11.4 Å². The van der Waals surface area contributed by atoms with Crippen LogP contribution in [0.1, 0.15) is 30.0 Å². The monoisotopic (exact) mass is 360 g/mol. The van der Waals surface area contributed by atoms with Crippen LogP contribution in [0.2, 0.25) is 0 Å². The van der Waals surface area contributed by atoms with E-state index in [0.717, 1.165) is 30.5 Å². The van der Waals surface area contributed by atoms with E-state index in [1.165, 1.54) is 16.8 Å². The molecule has 1 fully saturated rings. The van der Waals surface area contributed by atoms with Crippen molar-refractivity contribution in [1.82, 2.24) is 19.3 Å². The number of benzene rings is 1. The van der Waals surface area contributed by atoms with E-state index in [4.69, 9.17) is 0 Å². The Bertz CT molecular complexity index is 970. The van der Waals surface area contributed by atoms with E-state index in [0.29, 0.717) is 11.4 Å². The van der Waals surface area contributed by atoms with E-state index >= 15 is 0 Å². The fourth-order valence-corrected chi connectivity index (χ4v) is 2.85. The number of halogens is 3. The van der Waals surface area contributed by atoms with E-state index in [2.05, 4.69) is 10.1 Å². The predicted molar refractivity (Wildman–Crippen MR) is 88.5 cm³/mol. The van der Waals surface area contributed by atoms with Crippen LogP contribution in [-0.2, 0) is 12.7 Å². The Hall–Kier alpha value is -2.90. The minimum atomic E-state index is -4.38. The number of alkyl halides is 3. The number of hydrogen-bond donors (Lipinski definition) is 0. The lowest BCUT2D eigenvalue weighted by atomic mass is 10.1. The smallest absolute Gasteiger partial charge is 0.272 e. The van der Waals surface area contributed by atoms with Gasteiger partial charge >= 0.3 is 11.9 Å². The van der Waals surface area contributed by atoms with Crippen molar-refractivity contribution in [1.29, 1.82) is 0 Å². The summed E-state index contributed by atoms with van der Waals surface area (Å²) < 4.78 is 41.0. The van der Waals surface area contributed by atoms with E-state index in [1.807, 2.05) is 6.07 Å². The molecule has 0 radical (unpaired) electrons. The molecule has 1 aliphatic rings. The van der Waals surface area contributed by atoms with Crippen LogP contribution in [0.25, 0.3) is 11.4 Å². The molecule has 0 amide bonds. The van der Waals surface area contributed by atoms with Gasteiger partial charge in [0.05, 0.1) is 12.1 Å². The Balaban J connectivity index is 1.68. The Morgan fingerprint density at radius 2 is 1.85 bits per heavy atom. The van der Waals surface area contributed by atoms with Crippen molar-refractivity contribution in [3.05, 3.63) is 70.4 Å². The summed E-state index contributed by atoms with van der Waals surface area (Å²) in [7, 11) is 0. The van der Waals surface area contributed by atoms with Crippen molar-refractivity contribution < 1.29 is 13.2 Å². The number of pyridine rings is 1. The molecule has 0 aliphatic heterocycles. The Morgan fingerprint density at radius 1 is 1.12 bits per heavy atom. The fourth-order valence-electron chi connectivity index (χ4n) is 2.85. The van der Waals surface area contributed by atoms with Crippen LogP contribution in [0.15, 0.2) is 53.6 Å². The molecule has 1 saturated carbocycles. The van der Waals surface area contributed by atoms with Crippen molar-refractivity contribution in [3.63, 3.8) is 0 Å². The first kappa shape index (κ1) is 16.6. The van der Waals surface area contributed by atoms with Crippen LogP contribution in [-0.4, -0.2) is 19.3 Å². The second-order valence-corrected chi connectivity index (χ2v) is 6.30. The maximum Gasteiger partial charge on any atom is 0.416 e. The highest BCUT2D eigenvalue weighted by atomic mass is 19.4. The van der Waals surface area contributed by atoms with Crippen LogP contribution >= 0.6 is 0 Å². The molecule has 8 heteroatoms. The minimum Gasteiger partial charge on any atom is -0.272 e. The topological polar surface area (TPSA) is 52.7 Å². The van der Waals surface area contributed by atoms with Crippen molar-refractivity contribution in [2.24, 2.45) is 0 Å². The maximum absolute atomic E-state index is 12.7. The van der Waals surface area contributed by atoms with Crippen LogP contribution in [0.5, 0.6) is 0 Å². The largest absolute Gasteiger partial charge is 0.416 e. The Morgan fingerprint density at radius 3 is 2.42 bits per heavy atom. The number of rotatable bonds is 4. The molecule has 4 rings (SSSR count). The zero-order chi connectivity index (χ0) is 18.3. The molecule has 3 aromatic rings. The van der Waals surface area contributed by atoms with Gasteiger partial charge in [-0.15, -0.1) is 5.10 Å². The van der Waals surface area contributed by atoms with Crippen LogP contribution in [0.3, 0.4) is 0 Å².